The van der Waals surface area contributed by atoms with Crippen LogP contribution in [0.5, 0.6) is 0 Å². The van der Waals surface area contributed by atoms with E-state index in [-0.39, 0.29) is 11.9 Å². The number of anilines is 1. The van der Waals surface area contributed by atoms with Crippen LogP contribution in [0.2, 0.25) is 0 Å². The molecule has 1 aromatic heterocycles. The molecule has 2 aromatic rings. The summed E-state index contributed by atoms with van der Waals surface area (Å²) in [7, 11) is 0. The van der Waals surface area contributed by atoms with E-state index in [2.05, 4.69) is 20.3 Å². The van der Waals surface area contributed by atoms with Gasteiger partial charge in [0.15, 0.2) is 0 Å². The van der Waals surface area contributed by atoms with Crippen molar-refractivity contribution in [3.63, 3.8) is 0 Å². The minimum atomic E-state index is -0.668. The van der Waals surface area contributed by atoms with Crippen LogP contribution in [-0.2, 0) is 6.42 Å². The first-order valence-corrected chi connectivity index (χ1v) is 9.23. The lowest BCUT2D eigenvalue weighted by Gasteiger charge is -2.45. The van der Waals surface area contributed by atoms with Gasteiger partial charge < -0.3 is 11.5 Å². The Morgan fingerprint density at radius 3 is 2.63 bits per heavy atom. The molecule has 1 spiro atoms. The average molecular weight is 370 g/mol. The normalized spacial score (nSPS) is 19.1. The minimum Gasteiger partial charge on any atom is -0.369 e. The maximum Gasteiger partial charge on any atom is 0.220 e. The van der Waals surface area contributed by atoms with Crippen molar-refractivity contribution < 1.29 is 4.39 Å². The molecule has 2 heterocycles. The summed E-state index contributed by atoms with van der Waals surface area (Å²) in [6, 6.07) is 4.90. The van der Waals surface area contributed by atoms with E-state index in [0.717, 1.165) is 44.2 Å². The lowest BCUT2D eigenvalue weighted by atomic mass is 9.87. The summed E-state index contributed by atoms with van der Waals surface area (Å²) in [6.07, 6.45) is 7.16. The van der Waals surface area contributed by atoms with Gasteiger partial charge >= 0.3 is 0 Å². The van der Waals surface area contributed by atoms with Crippen molar-refractivity contribution in [1.29, 1.82) is 0 Å². The predicted octanol–water partition coefficient (Wildman–Crippen LogP) is 2.08. The Morgan fingerprint density at radius 2 is 1.96 bits per heavy atom. The molecule has 0 unspecified atom stereocenters. The van der Waals surface area contributed by atoms with Gasteiger partial charge in [-0.15, -0.1) is 5.10 Å². The summed E-state index contributed by atoms with van der Waals surface area (Å²) in [4.78, 5) is 10.4. The molecule has 4 rings (SSSR count). The summed E-state index contributed by atoms with van der Waals surface area (Å²) in [5.74, 6) is -0.0951. The van der Waals surface area contributed by atoms with Crippen LogP contribution >= 0.6 is 0 Å². The lowest BCUT2D eigenvalue weighted by molar-refractivity contribution is 0.304. The quantitative estimate of drug-likeness (QED) is 0.859. The second-order valence-corrected chi connectivity index (χ2v) is 6.96. The molecule has 1 aliphatic carbocycles. The third-order valence-electron chi connectivity index (χ3n) is 5.19. The first-order valence-electron chi connectivity index (χ1n) is 9.23. The molecule has 0 amide bonds. The van der Waals surface area contributed by atoms with Crippen LogP contribution in [0.4, 0.5) is 10.1 Å². The van der Waals surface area contributed by atoms with Gasteiger partial charge in [0.25, 0.3) is 0 Å². The van der Waals surface area contributed by atoms with Crippen molar-refractivity contribution in [2.75, 3.05) is 4.90 Å². The number of hydrogen-bond donors (Lipinski definition) is 2. The maximum atomic E-state index is 15.1. The Bertz CT molecular complexity index is 910. The standard InChI is InChI=1S/C18H23FN8/c1-2-12-11-26(25-24-12)13-6-7-15(14(19)10-13)27-17(21)22-16(20)23-18(27)8-4-3-5-9-18/h6-7,10-11H,2-5,8-9H2,1H3,(H4,20,21,22,23). The topological polar surface area (TPSA) is 111 Å². The lowest BCUT2D eigenvalue weighted by Crippen LogP contribution is -2.58. The van der Waals surface area contributed by atoms with E-state index >= 15 is 4.39 Å². The molecule has 0 saturated heterocycles. The van der Waals surface area contributed by atoms with Gasteiger partial charge in [0.05, 0.1) is 23.3 Å². The van der Waals surface area contributed by atoms with Gasteiger partial charge in [0.1, 0.15) is 11.5 Å². The van der Waals surface area contributed by atoms with Crippen molar-refractivity contribution in [3.05, 3.63) is 35.9 Å². The molecule has 1 saturated carbocycles. The van der Waals surface area contributed by atoms with Gasteiger partial charge in [0.2, 0.25) is 11.9 Å². The van der Waals surface area contributed by atoms with Crippen molar-refractivity contribution in [2.45, 2.75) is 51.1 Å². The molecule has 1 aromatic carbocycles. The SMILES string of the molecule is CCc1cn(-c2ccc(N3C(N)=NC(N)=NC34CCCCC4)c(F)c2)nn1. The number of aliphatic imine (C=N–C) groups is 2. The molecule has 0 radical (unpaired) electrons. The summed E-state index contributed by atoms with van der Waals surface area (Å²) >= 11 is 0. The second-order valence-electron chi connectivity index (χ2n) is 6.96. The van der Waals surface area contributed by atoms with Crippen molar-refractivity contribution in [2.24, 2.45) is 21.5 Å². The number of guanidine groups is 2. The molecule has 2 aliphatic rings. The summed E-state index contributed by atoms with van der Waals surface area (Å²) in [5, 5.41) is 8.10. The summed E-state index contributed by atoms with van der Waals surface area (Å²) < 4.78 is 16.7. The Morgan fingerprint density at radius 1 is 1.19 bits per heavy atom. The van der Waals surface area contributed by atoms with Crippen LogP contribution in [0.1, 0.15) is 44.7 Å². The Hall–Kier alpha value is -2.97. The van der Waals surface area contributed by atoms with E-state index in [1.165, 1.54) is 6.07 Å². The molecule has 8 nitrogen and oxygen atoms in total. The van der Waals surface area contributed by atoms with Gasteiger partial charge in [-0.05, 0) is 44.2 Å². The number of aryl methyl sites for hydroxylation is 1. The van der Waals surface area contributed by atoms with E-state index in [0.29, 0.717) is 11.4 Å². The van der Waals surface area contributed by atoms with E-state index in [4.69, 9.17) is 11.5 Å². The molecule has 1 aliphatic heterocycles. The monoisotopic (exact) mass is 370 g/mol. The van der Waals surface area contributed by atoms with Crippen LogP contribution < -0.4 is 16.4 Å². The Kier molecular flexibility index (Phi) is 4.29. The highest BCUT2D eigenvalue weighted by Crippen LogP contribution is 2.40. The maximum absolute atomic E-state index is 15.1. The number of halogens is 1. The van der Waals surface area contributed by atoms with Crippen LogP contribution in [0.3, 0.4) is 0 Å². The Labute approximate surface area is 156 Å². The van der Waals surface area contributed by atoms with Crippen LogP contribution in [0.15, 0.2) is 34.4 Å². The zero-order valence-electron chi connectivity index (χ0n) is 15.3. The van der Waals surface area contributed by atoms with Gasteiger partial charge in [-0.2, -0.15) is 4.99 Å². The molecule has 0 bridgehead atoms. The zero-order valence-corrected chi connectivity index (χ0v) is 15.3. The average Bonchev–Trinajstić information content (AvgIpc) is 3.12. The summed E-state index contributed by atoms with van der Waals surface area (Å²) in [6.45, 7) is 1.99. The fourth-order valence-electron chi connectivity index (χ4n) is 3.88. The molecule has 9 heteroatoms. The number of rotatable bonds is 3. The first kappa shape index (κ1) is 17.4. The number of aromatic nitrogens is 3. The molecular formula is C18H23FN8. The van der Waals surface area contributed by atoms with Gasteiger partial charge in [-0.1, -0.05) is 18.6 Å². The van der Waals surface area contributed by atoms with E-state index in [9.17, 15) is 0 Å². The highest BCUT2D eigenvalue weighted by Gasteiger charge is 2.43. The third kappa shape index (κ3) is 3.02. The van der Waals surface area contributed by atoms with Gasteiger partial charge in [-0.25, -0.2) is 14.1 Å². The van der Waals surface area contributed by atoms with Crippen molar-refractivity contribution in [3.8, 4) is 5.69 Å². The molecule has 27 heavy (non-hydrogen) atoms. The van der Waals surface area contributed by atoms with Crippen LogP contribution in [-0.4, -0.2) is 32.6 Å². The smallest absolute Gasteiger partial charge is 0.220 e. The van der Waals surface area contributed by atoms with E-state index < -0.39 is 11.5 Å². The van der Waals surface area contributed by atoms with Gasteiger partial charge in [-0.3, -0.25) is 4.90 Å². The molecule has 1 fully saturated rings. The van der Waals surface area contributed by atoms with Gasteiger partial charge in [0, 0.05) is 6.07 Å². The minimum absolute atomic E-state index is 0.150. The third-order valence-corrected chi connectivity index (χ3v) is 5.19. The Balaban J connectivity index is 1.74. The fraction of sp³-hybridized carbons (Fsp3) is 0.444. The first-order chi connectivity index (χ1) is 13.0. The molecular weight excluding hydrogens is 347 g/mol. The largest absolute Gasteiger partial charge is 0.369 e. The fourth-order valence-corrected chi connectivity index (χ4v) is 3.88. The summed E-state index contributed by atoms with van der Waals surface area (Å²) in [5.41, 5.74) is 13.1. The zero-order chi connectivity index (χ0) is 19.0. The number of benzene rings is 1. The van der Waals surface area contributed by atoms with Crippen LogP contribution in [0, 0.1) is 5.82 Å². The number of hydrogen-bond acceptors (Lipinski definition) is 7. The highest BCUT2D eigenvalue weighted by atomic mass is 19.1. The van der Waals surface area contributed by atoms with Crippen molar-refractivity contribution >= 4 is 17.6 Å². The van der Waals surface area contributed by atoms with E-state index in [1.54, 1.807) is 27.9 Å². The van der Waals surface area contributed by atoms with Crippen molar-refractivity contribution in [1.82, 2.24) is 15.0 Å². The highest BCUT2D eigenvalue weighted by molar-refractivity contribution is 6.05. The predicted molar refractivity (Wildman–Crippen MR) is 102 cm³/mol. The second kappa shape index (κ2) is 6.64. The number of nitrogens with zero attached hydrogens (tertiary/aromatic N) is 6. The molecule has 142 valence electrons. The number of nitrogens with two attached hydrogens (primary N) is 2. The molecule has 4 N–H and O–H groups in total. The molecule has 0 atom stereocenters. The van der Waals surface area contributed by atoms with E-state index in [1.807, 2.05) is 6.92 Å². The van der Waals surface area contributed by atoms with Crippen LogP contribution in [0.25, 0.3) is 5.69 Å².